The van der Waals surface area contributed by atoms with Crippen molar-refractivity contribution in [2.75, 3.05) is 0 Å². The molecule has 0 amide bonds. The van der Waals surface area contributed by atoms with Crippen LogP contribution in [0, 0.1) is 0 Å². The third-order valence-corrected chi connectivity index (χ3v) is 0. The minimum absolute atomic E-state index is 0. The second kappa shape index (κ2) is 14.1. The van der Waals surface area contributed by atoms with Crippen molar-refractivity contribution in [1.29, 1.82) is 0 Å². The fourth-order valence-electron chi connectivity index (χ4n) is 0. The van der Waals surface area contributed by atoms with Gasteiger partial charge in [-0.1, -0.05) is 0 Å². The average molecular weight is 272 g/mol. The molecule has 0 aliphatic heterocycles. The molecule has 0 saturated carbocycles. The summed E-state index contributed by atoms with van der Waals surface area (Å²) in [5.41, 5.74) is 0. The monoisotopic (exact) mass is 272 g/mol. The molecule has 14 N–H and O–H groups in total. The van der Waals surface area contributed by atoms with Crippen LogP contribution < -0.4 is 41.9 Å². The largest absolute Gasteiger partial charge is 1.00 e. The average Bonchev–Trinajstić information content (AvgIpc) is 1.12. The number of hydrogen-bond acceptors (Lipinski definition) is 4. The second-order valence-electron chi connectivity index (χ2n) is 1.03. The zero-order valence-corrected chi connectivity index (χ0v) is 11.1. The van der Waals surface area contributed by atoms with Crippen LogP contribution in [-0.4, -0.2) is 34.8 Å². The van der Waals surface area contributed by atoms with Gasteiger partial charge in [0.1, 0.15) is 0 Å². The molecule has 0 unspecified atom stereocenters. The van der Waals surface area contributed by atoms with E-state index in [2.05, 4.69) is 0 Å². The summed E-state index contributed by atoms with van der Waals surface area (Å²) in [5.74, 6) is 0. The van der Waals surface area contributed by atoms with Crippen LogP contribution in [-0.2, 0) is 9.13 Å². The number of phosphoric acid groups is 2. The van der Waals surface area contributed by atoms with E-state index >= 15 is 0 Å². The fraction of sp³-hybridized carbons (Fsp3) is 0. The predicted molar refractivity (Wildman–Crippen MR) is 43.3 cm³/mol. The molecule has 0 aromatic heterocycles. The summed E-state index contributed by atoms with van der Waals surface area (Å²) in [6.07, 6.45) is 0. The molecular formula is H15N2NaO9P2. The minimum atomic E-state index is -4.64. The summed E-state index contributed by atoms with van der Waals surface area (Å²) >= 11 is 0. The Balaban J connectivity index is -0.0000000128. The van der Waals surface area contributed by atoms with E-state index in [-0.39, 0.29) is 48.8 Å². The van der Waals surface area contributed by atoms with Crippen molar-refractivity contribution in [2.45, 2.75) is 0 Å². The van der Waals surface area contributed by atoms with Crippen molar-refractivity contribution in [2.24, 2.45) is 0 Å². The Bertz CT molecular complexity index is 138. The van der Waals surface area contributed by atoms with Crippen LogP contribution in [0.2, 0.25) is 0 Å². The molecule has 0 saturated heterocycles. The van der Waals surface area contributed by atoms with Crippen LogP contribution in [0.15, 0.2) is 0 Å². The first-order valence-electron chi connectivity index (χ1n) is 1.57. The third-order valence-electron chi connectivity index (χ3n) is 0. The van der Waals surface area contributed by atoms with Gasteiger partial charge in [-0.2, -0.15) is 0 Å². The number of hydrogen-bond donors (Lipinski definition) is 8. The van der Waals surface area contributed by atoms with Gasteiger partial charge in [-0.05, 0) is 0 Å². The molecule has 0 aliphatic carbocycles. The van der Waals surface area contributed by atoms with E-state index in [9.17, 15) is 0 Å². The normalized spacial score (nSPS) is 8.43. The summed E-state index contributed by atoms with van der Waals surface area (Å²) in [4.78, 5) is 43.1. The topological polar surface area (TPSA) is 257 Å². The molecular weight excluding hydrogens is 257 g/mol. The molecule has 0 atom stereocenters. The van der Waals surface area contributed by atoms with Crippen LogP contribution in [0.1, 0.15) is 1.43 Å². The van der Waals surface area contributed by atoms with Gasteiger partial charge in [0.2, 0.25) is 0 Å². The Hall–Kier alpha value is 1.10. The maximum atomic E-state index is 8.88. The van der Waals surface area contributed by atoms with E-state index in [4.69, 9.17) is 38.5 Å². The SMILES string of the molecule is N.N.O.O=P(O)(O)O.O=P(O)(O)O.[H-].[Na+]. The van der Waals surface area contributed by atoms with Crippen LogP contribution in [0.3, 0.4) is 0 Å². The zero-order chi connectivity index (χ0) is 9.00. The van der Waals surface area contributed by atoms with E-state index in [1.807, 2.05) is 0 Å². The van der Waals surface area contributed by atoms with Crippen molar-refractivity contribution in [3.63, 3.8) is 0 Å². The van der Waals surface area contributed by atoms with Gasteiger partial charge in [-0.25, -0.2) is 9.13 Å². The van der Waals surface area contributed by atoms with Gasteiger partial charge in [0.05, 0.1) is 0 Å². The van der Waals surface area contributed by atoms with Gasteiger partial charge >= 0.3 is 45.2 Å². The summed E-state index contributed by atoms with van der Waals surface area (Å²) in [5, 5.41) is 0. The molecule has 0 radical (unpaired) electrons. The van der Waals surface area contributed by atoms with Crippen molar-refractivity contribution < 1.29 is 75.0 Å². The van der Waals surface area contributed by atoms with Crippen molar-refractivity contribution >= 4 is 15.6 Å². The van der Waals surface area contributed by atoms with E-state index in [0.717, 1.165) is 0 Å². The van der Waals surface area contributed by atoms with Crippen LogP contribution >= 0.6 is 15.6 Å². The van der Waals surface area contributed by atoms with E-state index in [1.54, 1.807) is 0 Å². The Morgan fingerprint density at radius 1 is 0.714 bits per heavy atom. The molecule has 0 rings (SSSR count). The van der Waals surface area contributed by atoms with Crippen LogP contribution in [0.25, 0.3) is 0 Å². The van der Waals surface area contributed by atoms with Gasteiger partial charge < -0.3 is 48.6 Å². The molecule has 14 heavy (non-hydrogen) atoms. The Kier molecular flexibility index (Phi) is 36.5. The quantitative estimate of drug-likeness (QED) is 0.153. The van der Waals surface area contributed by atoms with Crippen molar-refractivity contribution in [3.05, 3.63) is 0 Å². The zero-order valence-electron chi connectivity index (χ0n) is 8.31. The fourth-order valence-corrected chi connectivity index (χ4v) is 0. The molecule has 90 valence electrons. The Morgan fingerprint density at radius 3 is 0.714 bits per heavy atom. The Morgan fingerprint density at radius 2 is 0.714 bits per heavy atom. The maximum Gasteiger partial charge on any atom is 1.00 e. The van der Waals surface area contributed by atoms with Gasteiger partial charge in [0.15, 0.2) is 0 Å². The summed E-state index contributed by atoms with van der Waals surface area (Å²) < 4.78 is 17.8. The molecule has 0 aromatic carbocycles. The molecule has 0 aliphatic rings. The maximum absolute atomic E-state index is 8.88. The van der Waals surface area contributed by atoms with Gasteiger partial charge in [0.25, 0.3) is 0 Å². The molecule has 14 heteroatoms. The van der Waals surface area contributed by atoms with E-state index in [0.29, 0.717) is 0 Å². The molecule has 0 fully saturated rings. The molecule has 0 spiro atoms. The molecule has 0 heterocycles. The minimum Gasteiger partial charge on any atom is -1.00 e. The summed E-state index contributed by atoms with van der Waals surface area (Å²) in [6.45, 7) is 0. The smallest absolute Gasteiger partial charge is 1.00 e. The van der Waals surface area contributed by atoms with Crippen molar-refractivity contribution in [3.8, 4) is 0 Å². The molecule has 0 bridgehead atoms. The third kappa shape index (κ3) is 1590. The van der Waals surface area contributed by atoms with Gasteiger partial charge in [0, 0.05) is 0 Å². The van der Waals surface area contributed by atoms with Crippen molar-refractivity contribution in [1.82, 2.24) is 12.3 Å². The van der Waals surface area contributed by atoms with Gasteiger partial charge in [-0.3, -0.25) is 0 Å². The first-order chi connectivity index (χ1) is 4.00. The Labute approximate surface area is 103 Å². The van der Waals surface area contributed by atoms with E-state index in [1.165, 1.54) is 0 Å². The van der Waals surface area contributed by atoms with Crippen LogP contribution in [0.5, 0.6) is 0 Å². The predicted octanol–water partition coefficient (Wildman–Crippen LogP) is -5.24. The first kappa shape index (κ1) is 36.3. The van der Waals surface area contributed by atoms with Crippen LogP contribution in [0.4, 0.5) is 0 Å². The molecule has 11 nitrogen and oxygen atoms in total. The summed E-state index contributed by atoms with van der Waals surface area (Å²) in [7, 11) is -9.28. The van der Waals surface area contributed by atoms with E-state index < -0.39 is 15.6 Å². The second-order valence-corrected chi connectivity index (χ2v) is 3.08. The number of rotatable bonds is 0. The standard InChI is InChI=1S/2H3N.Na.2H3O4P.H2O.H/c;;;2*1-5(2,3)4;;/h2*1H3;;2*(H3,1,2,3,4);1H2;/q;;+1;;;;-1. The van der Waals surface area contributed by atoms with Gasteiger partial charge in [-0.15, -0.1) is 0 Å². The summed E-state index contributed by atoms with van der Waals surface area (Å²) in [6, 6.07) is 0. The molecule has 0 aromatic rings. The first-order valence-corrected chi connectivity index (χ1v) is 4.70.